The van der Waals surface area contributed by atoms with Gasteiger partial charge in [-0.15, -0.1) is 0 Å². The maximum atomic E-state index is 4.29. The molecule has 1 atom stereocenters. The number of nitrogens with one attached hydrogen (secondary N) is 1. The Hall–Kier alpha value is -0.960. The van der Waals surface area contributed by atoms with Gasteiger partial charge in [0.2, 0.25) is 0 Å². The lowest BCUT2D eigenvalue weighted by Crippen LogP contribution is -2.22. The van der Waals surface area contributed by atoms with Crippen molar-refractivity contribution in [2.75, 3.05) is 6.54 Å². The molecular weight excluding hydrogens is 162 g/mol. The molecule has 1 aromatic heterocycles. The number of hydrogen-bond acceptors (Lipinski definition) is 3. The fourth-order valence-corrected chi connectivity index (χ4v) is 1.25. The molecule has 0 spiro atoms. The van der Waals surface area contributed by atoms with Crippen molar-refractivity contribution in [1.82, 2.24) is 15.3 Å². The standard InChI is InChI=1S/C10H17N3/c1-4-9(11-5-2)10-12-6-8(3)7-13-10/h6-7,9,11H,4-5H2,1-3H3. The molecule has 1 rings (SSSR count). The summed E-state index contributed by atoms with van der Waals surface area (Å²) in [6, 6.07) is 0.297. The molecule has 0 aromatic carbocycles. The van der Waals surface area contributed by atoms with Crippen molar-refractivity contribution in [1.29, 1.82) is 0 Å². The van der Waals surface area contributed by atoms with Crippen LogP contribution in [-0.2, 0) is 0 Å². The molecule has 0 aliphatic carbocycles. The summed E-state index contributed by atoms with van der Waals surface area (Å²) in [5, 5.41) is 3.34. The van der Waals surface area contributed by atoms with Crippen LogP contribution in [0.4, 0.5) is 0 Å². The summed E-state index contributed by atoms with van der Waals surface area (Å²) >= 11 is 0. The number of hydrogen-bond donors (Lipinski definition) is 1. The maximum Gasteiger partial charge on any atom is 0.145 e. The summed E-state index contributed by atoms with van der Waals surface area (Å²) in [6.45, 7) is 7.18. The van der Waals surface area contributed by atoms with E-state index >= 15 is 0 Å². The third kappa shape index (κ3) is 2.77. The van der Waals surface area contributed by atoms with Crippen LogP contribution in [0, 0.1) is 6.92 Å². The van der Waals surface area contributed by atoms with Crippen LogP contribution in [0.15, 0.2) is 12.4 Å². The normalized spacial score (nSPS) is 12.8. The quantitative estimate of drug-likeness (QED) is 0.766. The molecule has 0 aliphatic rings. The first kappa shape index (κ1) is 10.1. The van der Waals surface area contributed by atoms with Crippen LogP contribution in [-0.4, -0.2) is 16.5 Å². The Morgan fingerprint density at radius 2 is 1.92 bits per heavy atom. The van der Waals surface area contributed by atoms with Crippen molar-refractivity contribution >= 4 is 0 Å². The van der Waals surface area contributed by atoms with Crippen molar-refractivity contribution in [2.24, 2.45) is 0 Å². The highest BCUT2D eigenvalue weighted by Gasteiger charge is 2.09. The molecule has 1 heterocycles. The van der Waals surface area contributed by atoms with Crippen molar-refractivity contribution in [3.8, 4) is 0 Å². The van der Waals surface area contributed by atoms with Crippen LogP contribution in [0.1, 0.15) is 37.7 Å². The largest absolute Gasteiger partial charge is 0.308 e. The molecule has 0 bridgehead atoms. The van der Waals surface area contributed by atoms with Crippen LogP contribution in [0.2, 0.25) is 0 Å². The highest BCUT2D eigenvalue weighted by molar-refractivity contribution is 5.04. The first-order chi connectivity index (χ1) is 6.27. The minimum absolute atomic E-state index is 0.297. The highest BCUT2D eigenvalue weighted by Crippen LogP contribution is 2.10. The lowest BCUT2D eigenvalue weighted by Gasteiger charge is -2.13. The average molecular weight is 179 g/mol. The van der Waals surface area contributed by atoms with Crippen LogP contribution in [0.25, 0.3) is 0 Å². The maximum absolute atomic E-state index is 4.29. The molecule has 72 valence electrons. The van der Waals surface area contributed by atoms with Gasteiger partial charge >= 0.3 is 0 Å². The second-order valence-corrected chi connectivity index (χ2v) is 3.14. The number of aromatic nitrogens is 2. The number of rotatable bonds is 4. The Morgan fingerprint density at radius 3 is 2.38 bits per heavy atom. The Balaban J connectivity index is 2.73. The van der Waals surface area contributed by atoms with Gasteiger partial charge in [0.05, 0.1) is 6.04 Å². The van der Waals surface area contributed by atoms with E-state index in [1.807, 2.05) is 19.3 Å². The van der Waals surface area contributed by atoms with Crippen molar-refractivity contribution in [2.45, 2.75) is 33.2 Å². The van der Waals surface area contributed by atoms with Gasteiger partial charge in [-0.05, 0) is 25.5 Å². The minimum Gasteiger partial charge on any atom is -0.308 e. The average Bonchev–Trinajstić information content (AvgIpc) is 2.16. The van der Waals surface area contributed by atoms with E-state index in [1.54, 1.807) is 0 Å². The zero-order valence-corrected chi connectivity index (χ0v) is 8.54. The van der Waals surface area contributed by atoms with E-state index in [0.717, 1.165) is 24.4 Å². The molecule has 1 N–H and O–H groups in total. The molecule has 13 heavy (non-hydrogen) atoms. The molecule has 1 aromatic rings. The van der Waals surface area contributed by atoms with E-state index in [2.05, 4.69) is 29.1 Å². The van der Waals surface area contributed by atoms with Crippen LogP contribution < -0.4 is 5.32 Å². The van der Waals surface area contributed by atoms with Crippen molar-refractivity contribution in [3.05, 3.63) is 23.8 Å². The Kier molecular flexibility index (Phi) is 3.83. The summed E-state index contributed by atoms with van der Waals surface area (Å²) in [4.78, 5) is 8.59. The molecule has 1 unspecified atom stereocenters. The SMILES string of the molecule is CCNC(CC)c1ncc(C)cn1. The minimum atomic E-state index is 0.297. The first-order valence-electron chi connectivity index (χ1n) is 4.79. The molecule has 0 saturated carbocycles. The zero-order valence-electron chi connectivity index (χ0n) is 8.54. The van der Waals surface area contributed by atoms with Gasteiger partial charge in [-0.2, -0.15) is 0 Å². The predicted molar refractivity (Wildman–Crippen MR) is 53.5 cm³/mol. The van der Waals surface area contributed by atoms with Crippen LogP contribution in [0.5, 0.6) is 0 Å². The van der Waals surface area contributed by atoms with E-state index in [1.165, 1.54) is 0 Å². The first-order valence-corrected chi connectivity index (χ1v) is 4.79. The lowest BCUT2D eigenvalue weighted by molar-refractivity contribution is 0.509. The summed E-state index contributed by atoms with van der Waals surface area (Å²) in [6.07, 6.45) is 4.75. The van der Waals surface area contributed by atoms with Gasteiger partial charge in [0.25, 0.3) is 0 Å². The van der Waals surface area contributed by atoms with Crippen molar-refractivity contribution < 1.29 is 0 Å². The molecule has 0 aliphatic heterocycles. The predicted octanol–water partition coefficient (Wildman–Crippen LogP) is 1.85. The molecule has 0 radical (unpaired) electrons. The van der Waals surface area contributed by atoms with Crippen LogP contribution >= 0.6 is 0 Å². The van der Waals surface area contributed by atoms with Gasteiger partial charge in [-0.3, -0.25) is 0 Å². The summed E-state index contributed by atoms with van der Waals surface area (Å²) in [5.74, 6) is 0.898. The summed E-state index contributed by atoms with van der Waals surface area (Å²) < 4.78 is 0. The third-order valence-electron chi connectivity index (χ3n) is 1.97. The zero-order chi connectivity index (χ0) is 9.68. The van der Waals surface area contributed by atoms with Crippen molar-refractivity contribution in [3.63, 3.8) is 0 Å². The lowest BCUT2D eigenvalue weighted by atomic mass is 10.2. The smallest absolute Gasteiger partial charge is 0.145 e. The van der Waals surface area contributed by atoms with Gasteiger partial charge in [0, 0.05) is 12.4 Å². The second-order valence-electron chi connectivity index (χ2n) is 3.14. The highest BCUT2D eigenvalue weighted by atomic mass is 15.0. The molecule has 3 nitrogen and oxygen atoms in total. The number of aryl methyl sites for hydroxylation is 1. The van der Waals surface area contributed by atoms with E-state index in [0.29, 0.717) is 6.04 Å². The van der Waals surface area contributed by atoms with E-state index in [9.17, 15) is 0 Å². The molecule has 0 saturated heterocycles. The van der Waals surface area contributed by atoms with E-state index < -0.39 is 0 Å². The topological polar surface area (TPSA) is 37.8 Å². The van der Waals surface area contributed by atoms with Gasteiger partial charge in [-0.25, -0.2) is 9.97 Å². The van der Waals surface area contributed by atoms with E-state index in [4.69, 9.17) is 0 Å². The molecule has 0 fully saturated rings. The van der Waals surface area contributed by atoms with Gasteiger partial charge in [0.1, 0.15) is 5.82 Å². The fraction of sp³-hybridized carbons (Fsp3) is 0.600. The Morgan fingerprint density at radius 1 is 1.31 bits per heavy atom. The Labute approximate surface area is 79.6 Å². The van der Waals surface area contributed by atoms with Gasteiger partial charge in [-0.1, -0.05) is 13.8 Å². The number of nitrogens with zero attached hydrogens (tertiary/aromatic N) is 2. The van der Waals surface area contributed by atoms with Crippen LogP contribution in [0.3, 0.4) is 0 Å². The summed E-state index contributed by atoms with van der Waals surface area (Å²) in [5.41, 5.74) is 1.11. The van der Waals surface area contributed by atoms with Gasteiger partial charge in [0.15, 0.2) is 0 Å². The third-order valence-corrected chi connectivity index (χ3v) is 1.97. The summed E-state index contributed by atoms with van der Waals surface area (Å²) in [7, 11) is 0. The fourth-order valence-electron chi connectivity index (χ4n) is 1.25. The monoisotopic (exact) mass is 179 g/mol. The Bertz CT molecular complexity index is 243. The van der Waals surface area contributed by atoms with E-state index in [-0.39, 0.29) is 0 Å². The molecular formula is C10H17N3. The molecule has 3 heteroatoms. The van der Waals surface area contributed by atoms with Gasteiger partial charge < -0.3 is 5.32 Å². The second kappa shape index (κ2) is 4.92. The molecule has 0 amide bonds.